The van der Waals surface area contributed by atoms with Crippen molar-refractivity contribution in [1.82, 2.24) is 0 Å². The lowest BCUT2D eigenvalue weighted by atomic mass is 10.3. The fraction of sp³-hybridized carbons (Fsp3) is 0.375. The SMILES string of the molecule is CC(=O)/C=C\C(=O)COC(C)=O. The summed E-state index contributed by atoms with van der Waals surface area (Å²) in [5.74, 6) is -1.13. The zero-order valence-corrected chi connectivity index (χ0v) is 6.99. The molecule has 0 aromatic carbocycles. The molecule has 4 nitrogen and oxygen atoms in total. The molecule has 0 aromatic rings. The molecule has 0 rings (SSSR count). The summed E-state index contributed by atoms with van der Waals surface area (Å²) in [7, 11) is 0. The van der Waals surface area contributed by atoms with Gasteiger partial charge in [0.15, 0.2) is 18.2 Å². The predicted octanol–water partition coefficient (Wildman–Crippen LogP) is 0.264. The van der Waals surface area contributed by atoms with E-state index < -0.39 is 11.8 Å². The molecule has 0 radical (unpaired) electrons. The van der Waals surface area contributed by atoms with Crippen LogP contribution in [0.5, 0.6) is 0 Å². The second-order valence-corrected chi connectivity index (χ2v) is 2.19. The van der Waals surface area contributed by atoms with Crippen LogP contribution in [0, 0.1) is 0 Å². The summed E-state index contributed by atoms with van der Waals surface area (Å²) in [6.45, 7) is 2.23. The van der Waals surface area contributed by atoms with Crippen molar-refractivity contribution in [2.24, 2.45) is 0 Å². The first-order chi connectivity index (χ1) is 5.52. The summed E-state index contributed by atoms with van der Waals surface area (Å²) in [5, 5.41) is 0. The van der Waals surface area contributed by atoms with Crippen LogP contribution in [0.15, 0.2) is 12.2 Å². The number of ether oxygens (including phenoxy) is 1. The molecule has 0 unspecified atom stereocenters. The van der Waals surface area contributed by atoms with Crippen LogP contribution in [0.2, 0.25) is 0 Å². The number of ketones is 2. The molecular weight excluding hydrogens is 160 g/mol. The van der Waals surface area contributed by atoms with E-state index in [2.05, 4.69) is 4.74 Å². The molecule has 0 aromatic heterocycles. The van der Waals surface area contributed by atoms with E-state index >= 15 is 0 Å². The van der Waals surface area contributed by atoms with Crippen LogP contribution in [-0.4, -0.2) is 24.1 Å². The van der Waals surface area contributed by atoms with Crippen molar-refractivity contribution in [2.45, 2.75) is 13.8 Å². The van der Waals surface area contributed by atoms with Crippen LogP contribution in [0.1, 0.15) is 13.8 Å². The van der Waals surface area contributed by atoms with Crippen molar-refractivity contribution < 1.29 is 19.1 Å². The van der Waals surface area contributed by atoms with Gasteiger partial charge < -0.3 is 4.74 Å². The molecule has 0 aliphatic rings. The van der Waals surface area contributed by atoms with Gasteiger partial charge in [-0.2, -0.15) is 0 Å². The van der Waals surface area contributed by atoms with Gasteiger partial charge in [-0.25, -0.2) is 0 Å². The molecule has 0 aliphatic carbocycles. The summed E-state index contributed by atoms with van der Waals surface area (Å²) >= 11 is 0. The average molecular weight is 170 g/mol. The topological polar surface area (TPSA) is 60.4 Å². The van der Waals surface area contributed by atoms with Crippen molar-refractivity contribution >= 4 is 17.5 Å². The van der Waals surface area contributed by atoms with Gasteiger partial charge in [-0.15, -0.1) is 0 Å². The Balaban J connectivity index is 3.75. The van der Waals surface area contributed by atoms with E-state index in [4.69, 9.17) is 0 Å². The molecule has 0 amide bonds. The fourth-order valence-electron chi connectivity index (χ4n) is 0.431. The zero-order valence-electron chi connectivity index (χ0n) is 6.99. The Labute approximate surface area is 70.2 Å². The summed E-state index contributed by atoms with van der Waals surface area (Å²) in [6.07, 6.45) is 2.22. The Bertz CT molecular complexity index is 227. The predicted molar refractivity (Wildman–Crippen MR) is 41.5 cm³/mol. The van der Waals surface area contributed by atoms with Gasteiger partial charge in [0.1, 0.15) is 0 Å². The van der Waals surface area contributed by atoms with Gasteiger partial charge in [0, 0.05) is 6.92 Å². The minimum atomic E-state index is -0.514. The average Bonchev–Trinajstić information content (AvgIpc) is 1.96. The highest BCUT2D eigenvalue weighted by Crippen LogP contribution is 1.82. The van der Waals surface area contributed by atoms with Gasteiger partial charge in [0.2, 0.25) is 0 Å². The molecule has 0 atom stereocenters. The van der Waals surface area contributed by atoms with E-state index in [0.29, 0.717) is 0 Å². The highest BCUT2D eigenvalue weighted by atomic mass is 16.5. The number of allylic oxidation sites excluding steroid dienone is 1. The first-order valence-corrected chi connectivity index (χ1v) is 3.37. The van der Waals surface area contributed by atoms with Gasteiger partial charge in [0.05, 0.1) is 0 Å². The highest BCUT2D eigenvalue weighted by molar-refractivity contribution is 5.98. The van der Waals surface area contributed by atoms with Gasteiger partial charge in [-0.1, -0.05) is 0 Å². The highest BCUT2D eigenvalue weighted by Gasteiger charge is 1.99. The molecule has 0 spiro atoms. The minimum Gasteiger partial charge on any atom is -0.457 e. The lowest BCUT2D eigenvalue weighted by Gasteiger charge is -1.95. The van der Waals surface area contributed by atoms with E-state index in [1.165, 1.54) is 13.8 Å². The molecule has 66 valence electrons. The van der Waals surface area contributed by atoms with Crippen LogP contribution < -0.4 is 0 Å². The Kier molecular flexibility index (Phi) is 4.60. The van der Waals surface area contributed by atoms with E-state index in [-0.39, 0.29) is 12.4 Å². The summed E-state index contributed by atoms with van der Waals surface area (Å²) in [5.41, 5.74) is 0. The number of hydrogen-bond acceptors (Lipinski definition) is 4. The Morgan fingerprint density at radius 1 is 1.17 bits per heavy atom. The third kappa shape index (κ3) is 6.67. The Hall–Kier alpha value is -1.45. The van der Waals surface area contributed by atoms with Crippen molar-refractivity contribution in [1.29, 1.82) is 0 Å². The third-order valence-electron chi connectivity index (χ3n) is 0.922. The Morgan fingerprint density at radius 2 is 1.75 bits per heavy atom. The summed E-state index contributed by atoms with van der Waals surface area (Å²) in [6, 6.07) is 0. The van der Waals surface area contributed by atoms with Crippen LogP contribution in [-0.2, 0) is 19.1 Å². The maximum Gasteiger partial charge on any atom is 0.303 e. The van der Waals surface area contributed by atoms with E-state index in [0.717, 1.165) is 12.2 Å². The maximum absolute atomic E-state index is 10.7. The molecule has 4 heteroatoms. The van der Waals surface area contributed by atoms with Gasteiger partial charge in [-0.05, 0) is 19.1 Å². The molecule has 12 heavy (non-hydrogen) atoms. The third-order valence-corrected chi connectivity index (χ3v) is 0.922. The second-order valence-electron chi connectivity index (χ2n) is 2.19. The van der Waals surface area contributed by atoms with Gasteiger partial charge in [0.25, 0.3) is 0 Å². The van der Waals surface area contributed by atoms with Crippen LogP contribution in [0.4, 0.5) is 0 Å². The molecule has 0 bridgehead atoms. The van der Waals surface area contributed by atoms with Crippen LogP contribution in [0.3, 0.4) is 0 Å². The molecule has 0 fully saturated rings. The first kappa shape index (κ1) is 10.6. The normalized spacial score (nSPS) is 9.83. The smallest absolute Gasteiger partial charge is 0.303 e. The standard InChI is InChI=1S/C8H10O4/c1-6(9)3-4-8(11)5-12-7(2)10/h3-4H,5H2,1-2H3/b4-3-. The molecule has 0 saturated heterocycles. The van der Waals surface area contributed by atoms with Crippen LogP contribution in [0.25, 0.3) is 0 Å². The Morgan fingerprint density at radius 3 is 2.17 bits per heavy atom. The zero-order chi connectivity index (χ0) is 9.56. The molecule has 0 N–H and O–H groups in total. The van der Waals surface area contributed by atoms with E-state index in [1.807, 2.05) is 0 Å². The second kappa shape index (κ2) is 5.23. The molecule has 0 aliphatic heterocycles. The lowest BCUT2D eigenvalue weighted by molar-refractivity contribution is -0.144. The van der Waals surface area contributed by atoms with Crippen molar-refractivity contribution in [3.63, 3.8) is 0 Å². The van der Waals surface area contributed by atoms with Gasteiger partial charge >= 0.3 is 5.97 Å². The maximum atomic E-state index is 10.7. The quantitative estimate of drug-likeness (QED) is 0.448. The van der Waals surface area contributed by atoms with Crippen molar-refractivity contribution in [3.05, 3.63) is 12.2 Å². The number of carbonyl (C=O) groups excluding carboxylic acids is 3. The fourth-order valence-corrected chi connectivity index (χ4v) is 0.431. The van der Waals surface area contributed by atoms with Gasteiger partial charge in [-0.3, -0.25) is 14.4 Å². The number of hydrogen-bond donors (Lipinski definition) is 0. The van der Waals surface area contributed by atoms with Crippen molar-refractivity contribution in [3.8, 4) is 0 Å². The van der Waals surface area contributed by atoms with Crippen LogP contribution >= 0.6 is 0 Å². The van der Waals surface area contributed by atoms with Crippen molar-refractivity contribution in [2.75, 3.05) is 6.61 Å². The number of esters is 1. The van der Waals surface area contributed by atoms with E-state index in [9.17, 15) is 14.4 Å². The lowest BCUT2D eigenvalue weighted by Crippen LogP contribution is -2.09. The minimum absolute atomic E-state index is 0.217. The van der Waals surface area contributed by atoms with E-state index in [1.54, 1.807) is 0 Å². The summed E-state index contributed by atoms with van der Waals surface area (Å²) < 4.78 is 4.38. The first-order valence-electron chi connectivity index (χ1n) is 3.37. The largest absolute Gasteiger partial charge is 0.457 e. The number of carbonyl (C=O) groups is 3. The molecule has 0 heterocycles. The molecule has 0 saturated carbocycles. The monoisotopic (exact) mass is 170 g/mol. The summed E-state index contributed by atoms with van der Waals surface area (Å²) in [4.78, 5) is 31.3. The number of rotatable bonds is 4. The molecular formula is C8H10O4.